The first-order valence-corrected chi connectivity index (χ1v) is 10.4. The van der Waals surface area contributed by atoms with Crippen LogP contribution in [0.3, 0.4) is 0 Å². The summed E-state index contributed by atoms with van der Waals surface area (Å²) in [7, 11) is 1.58. The molecular weight excluding hydrogens is 366 g/mol. The van der Waals surface area contributed by atoms with Gasteiger partial charge in [0.2, 0.25) is 4.96 Å². The molecule has 4 fully saturated rings. The molecule has 0 aliphatic heterocycles. The van der Waals surface area contributed by atoms with Crippen molar-refractivity contribution in [1.82, 2.24) is 14.6 Å². The van der Waals surface area contributed by atoms with Crippen molar-refractivity contribution in [3.8, 4) is 0 Å². The Hall–Kier alpha value is -1.80. The summed E-state index contributed by atoms with van der Waals surface area (Å²) in [5.41, 5.74) is -0.0746. The van der Waals surface area contributed by atoms with E-state index < -0.39 is 0 Å². The quantitative estimate of drug-likeness (QED) is 0.731. The number of fused-ring (bicyclic) bond motifs is 1. The van der Waals surface area contributed by atoms with Gasteiger partial charge in [-0.2, -0.15) is 9.61 Å². The number of rotatable bonds is 5. The van der Waals surface area contributed by atoms with Crippen molar-refractivity contribution < 1.29 is 14.3 Å². The first kappa shape index (κ1) is 17.3. The van der Waals surface area contributed by atoms with Crippen LogP contribution in [0.4, 0.5) is 0 Å². The van der Waals surface area contributed by atoms with E-state index in [2.05, 4.69) is 10.1 Å². The highest BCUT2D eigenvalue weighted by Crippen LogP contribution is 2.60. The molecule has 2 heterocycles. The second kappa shape index (κ2) is 6.38. The van der Waals surface area contributed by atoms with Gasteiger partial charge in [-0.3, -0.25) is 9.59 Å². The Morgan fingerprint density at radius 3 is 2.52 bits per heavy atom. The van der Waals surface area contributed by atoms with Crippen LogP contribution in [0.2, 0.25) is 0 Å². The number of hydrogen-bond acceptors (Lipinski definition) is 7. The predicted octanol–water partition coefficient (Wildman–Crippen LogP) is 2.56. The molecule has 0 spiro atoms. The highest BCUT2D eigenvalue weighted by Gasteiger charge is 2.55. The second-order valence-electron chi connectivity index (χ2n) is 8.48. The second-order valence-corrected chi connectivity index (χ2v) is 9.52. The van der Waals surface area contributed by atoms with Crippen molar-refractivity contribution in [2.45, 2.75) is 51.7 Å². The fourth-order valence-electron chi connectivity index (χ4n) is 5.80. The lowest BCUT2D eigenvalue weighted by Gasteiger charge is -2.55. The van der Waals surface area contributed by atoms with Gasteiger partial charge in [0.05, 0.1) is 17.7 Å². The SMILES string of the molecule is COCc1nn2c(=O)cc(COC(=O)C34CC5CC(CC(C5)C3)C4)nc2s1. The Bertz CT molecular complexity index is 915. The molecule has 4 aliphatic rings. The highest BCUT2D eigenvalue weighted by atomic mass is 32.1. The summed E-state index contributed by atoms with van der Waals surface area (Å²) >= 11 is 1.31. The fourth-order valence-corrected chi connectivity index (χ4v) is 6.69. The van der Waals surface area contributed by atoms with Crippen molar-refractivity contribution in [3.63, 3.8) is 0 Å². The largest absolute Gasteiger partial charge is 0.459 e. The fraction of sp³-hybridized carbons (Fsp3) is 0.684. The number of ether oxygens (including phenoxy) is 2. The van der Waals surface area contributed by atoms with Gasteiger partial charge in [0.1, 0.15) is 11.6 Å². The van der Waals surface area contributed by atoms with Crippen LogP contribution in [0.5, 0.6) is 0 Å². The topological polar surface area (TPSA) is 82.8 Å². The van der Waals surface area contributed by atoms with Gasteiger partial charge in [0.15, 0.2) is 0 Å². The Morgan fingerprint density at radius 2 is 1.89 bits per heavy atom. The van der Waals surface area contributed by atoms with Gasteiger partial charge in [-0.05, 0) is 56.3 Å². The van der Waals surface area contributed by atoms with Gasteiger partial charge in [-0.15, -0.1) is 0 Å². The van der Waals surface area contributed by atoms with Crippen LogP contribution in [-0.4, -0.2) is 27.7 Å². The number of carbonyl (C=O) groups excluding carboxylic acids is 1. The van der Waals surface area contributed by atoms with Gasteiger partial charge >= 0.3 is 5.97 Å². The normalized spacial score (nSPS) is 31.5. The van der Waals surface area contributed by atoms with Crippen molar-refractivity contribution in [3.05, 3.63) is 27.1 Å². The summed E-state index contributed by atoms with van der Waals surface area (Å²) in [6.45, 7) is 0.383. The average Bonchev–Trinajstić information content (AvgIpc) is 3.02. The molecule has 0 N–H and O–H groups in total. The van der Waals surface area contributed by atoms with Crippen LogP contribution in [-0.2, 0) is 27.5 Å². The van der Waals surface area contributed by atoms with E-state index >= 15 is 0 Å². The summed E-state index contributed by atoms with van der Waals surface area (Å²) in [5.74, 6) is 1.99. The van der Waals surface area contributed by atoms with E-state index in [0.29, 0.717) is 40.0 Å². The lowest BCUT2D eigenvalue weighted by atomic mass is 9.49. The molecule has 0 radical (unpaired) electrons. The van der Waals surface area contributed by atoms with Gasteiger partial charge in [0.25, 0.3) is 5.56 Å². The number of esters is 1. The van der Waals surface area contributed by atoms with Crippen molar-refractivity contribution >= 4 is 22.3 Å². The maximum Gasteiger partial charge on any atom is 0.312 e. The van der Waals surface area contributed by atoms with E-state index in [0.717, 1.165) is 19.3 Å². The molecule has 6 rings (SSSR count). The molecular formula is C19H23N3O4S. The van der Waals surface area contributed by atoms with Crippen LogP contribution in [0.25, 0.3) is 4.96 Å². The first-order valence-electron chi connectivity index (χ1n) is 9.59. The minimum absolute atomic E-state index is 0.0455. The average molecular weight is 389 g/mol. The molecule has 0 saturated heterocycles. The van der Waals surface area contributed by atoms with Crippen LogP contribution in [0.15, 0.2) is 10.9 Å². The minimum atomic E-state index is -0.288. The molecule has 4 saturated carbocycles. The Kier molecular flexibility index (Phi) is 4.09. The number of hydrogen-bond donors (Lipinski definition) is 0. The highest BCUT2D eigenvalue weighted by molar-refractivity contribution is 7.16. The van der Waals surface area contributed by atoms with Gasteiger partial charge < -0.3 is 9.47 Å². The van der Waals surface area contributed by atoms with Crippen molar-refractivity contribution in [2.24, 2.45) is 23.2 Å². The zero-order valence-corrected chi connectivity index (χ0v) is 16.2. The maximum atomic E-state index is 12.9. The summed E-state index contributed by atoms with van der Waals surface area (Å²) in [4.78, 5) is 30.2. The molecule has 4 bridgehead atoms. The zero-order chi connectivity index (χ0) is 18.6. The van der Waals surface area contributed by atoms with Crippen LogP contribution in [0.1, 0.15) is 49.2 Å². The van der Waals surface area contributed by atoms with E-state index in [-0.39, 0.29) is 23.6 Å². The van der Waals surface area contributed by atoms with Crippen molar-refractivity contribution in [1.29, 1.82) is 0 Å². The summed E-state index contributed by atoms with van der Waals surface area (Å²) in [6, 6.07) is 1.40. The summed E-state index contributed by atoms with van der Waals surface area (Å²) < 4.78 is 12.0. The minimum Gasteiger partial charge on any atom is -0.459 e. The standard InChI is InChI=1S/C19H23N3O4S/c1-25-10-15-21-22-16(23)5-14(20-18(22)27-15)9-26-17(24)19-6-11-2-12(7-19)4-13(3-11)8-19/h5,11-13H,2-4,6-10H2,1H3. The molecule has 144 valence electrons. The molecule has 0 aromatic carbocycles. The van der Waals surface area contributed by atoms with E-state index in [4.69, 9.17) is 9.47 Å². The number of carbonyl (C=O) groups is 1. The third kappa shape index (κ3) is 2.99. The molecule has 27 heavy (non-hydrogen) atoms. The van der Waals surface area contributed by atoms with E-state index in [1.165, 1.54) is 41.2 Å². The number of methoxy groups -OCH3 is 1. The third-order valence-electron chi connectivity index (χ3n) is 6.43. The molecule has 0 unspecified atom stereocenters. The molecule has 0 amide bonds. The van der Waals surface area contributed by atoms with Crippen molar-refractivity contribution in [2.75, 3.05) is 7.11 Å². The van der Waals surface area contributed by atoms with E-state index in [1.54, 1.807) is 7.11 Å². The Morgan fingerprint density at radius 1 is 1.22 bits per heavy atom. The van der Waals surface area contributed by atoms with E-state index in [1.807, 2.05) is 0 Å². The lowest BCUT2D eigenvalue weighted by Crippen LogP contribution is -2.50. The molecule has 2 aromatic heterocycles. The Balaban J connectivity index is 1.32. The van der Waals surface area contributed by atoms with Crippen LogP contribution < -0.4 is 5.56 Å². The van der Waals surface area contributed by atoms with Gasteiger partial charge in [0, 0.05) is 13.2 Å². The summed E-state index contributed by atoms with van der Waals surface area (Å²) in [6.07, 6.45) is 6.79. The maximum absolute atomic E-state index is 12.9. The van der Waals surface area contributed by atoms with Gasteiger partial charge in [-0.1, -0.05) is 11.3 Å². The Labute approximate surface area is 160 Å². The van der Waals surface area contributed by atoms with Crippen LogP contribution in [0, 0.1) is 23.2 Å². The molecule has 0 atom stereocenters. The lowest BCUT2D eigenvalue weighted by molar-refractivity contribution is -0.173. The smallest absolute Gasteiger partial charge is 0.312 e. The predicted molar refractivity (Wildman–Crippen MR) is 98.2 cm³/mol. The number of nitrogens with zero attached hydrogens (tertiary/aromatic N) is 3. The van der Waals surface area contributed by atoms with E-state index in [9.17, 15) is 9.59 Å². The third-order valence-corrected chi connectivity index (χ3v) is 7.31. The van der Waals surface area contributed by atoms with Gasteiger partial charge in [-0.25, -0.2) is 4.98 Å². The zero-order valence-electron chi connectivity index (χ0n) is 15.3. The van der Waals surface area contributed by atoms with Crippen LogP contribution >= 0.6 is 11.3 Å². The summed E-state index contributed by atoms with van der Waals surface area (Å²) in [5, 5.41) is 4.88. The number of aromatic nitrogens is 3. The monoisotopic (exact) mass is 389 g/mol. The first-order chi connectivity index (χ1) is 13.0. The molecule has 7 nitrogen and oxygen atoms in total. The molecule has 4 aliphatic carbocycles. The molecule has 8 heteroatoms. The molecule has 2 aromatic rings.